The number of aromatic nitrogens is 2. The Hall–Kier alpha value is -4.67. The predicted molar refractivity (Wildman–Crippen MR) is 190 cm³/mol. The third kappa shape index (κ3) is 6.30. The summed E-state index contributed by atoms with van der Waals surface area (Å²) in [4.78, 5) is 29.0. The van der Waals surface area contributed by atoms with Crippen molar-refractivity contribution in [3.8, 4) is 11.5 Å². The predicted octanol–water partition coefficient (Wildman–Crippen LogP) is 8.50. The quantitative estimate of drug-likeness (QED) is 0.0371. The van der Waals surface area contributed by atoms with Crippen LogP contribution in [0.4, 0.5) is 5.13 Å². The van der Waals surface area contributed by atoms with Crippen molar-refractivity contribution in [3.05, 3.63) is 113 Å². The SMILES string of the molecule is CCCCCOc1cccc(C2/C(=C(/O)c3ccc4c(c3)CC(C)O4)C(=O)C(=O)N2c2nnc(SCc3cccc4ccccc34)s2)c1. The maximum atomic E-state index is 13.8. The summed E-state index contributed by atoms with van der Waals surface area (Å²) >= 11 is 2.78. The van der Waals surface area contributed by atoms with Crippen LogP contribution in [-0.2, 0) is 21.8 Å². The van der Waals surface area contributed by atoms with Crippen molar-refractivity contribution in [1.29, 1.82) is 0 Å². The number of amides is 1. The Labute approximate surface area is 287 Å². The molecule has 8 nitrogen and oxygen atoms in total. The van der Waals surface area contributed by atoms with Gasteiger partial charge in [-0.15, -0.1) is 10.2 Å². The molecule has 1 aromatic heterocycles. The van der Waals surface area contributed by atoms with E-state index in [1.807, 2.05) is 55.5 Å². The van der Waals surface area contributed by atoms with Crippen LogP contribution in [0.2, 0.25) is 0 Å². The smallest absolute Gasteiger partial charge is 0.301 e. The summed E-state index contributed by atoms with van der Waals surface area (Å²) in [6, 6.07) is 26.2. The zero-order chi connectivity index (χ0) is 33.2. The molecule has 0 radical (unpaired) electrons. The second-order valence-corrected chi connectivity index (χ2v) is 14.2. The molecule has 1 saturated heterocycles. The number of rotatable bonds is 11. The van der Waals surface area contributed by atoms with Crippen LogP contribution in [0.5, 0.6) is 11.5 Å². The van der Waals surface area contributed by atoms with Crippen LogP contribution in [0.15, 0.2) is 94.8 Å². The van der Waals surface area contributed by atoms with Crippen molar-refractivity contribution in [3.63, 3.8) is 0 Å². The number of fused-ring (bicyclic) bond motifs is 2. The summed E-state index contributed by atoms with van der Waals surface area (Å²) in [5.74, 6) is 0.254. The van der Waals surface area contributed by atoms with E-state index in [0.29, 0.717) is 40.0 Å². The minimum Gasteiger partial charge on any atom is -0.507 e. The van der Waals surface area contributed by atoms with Gasteiger partial charge in [-0.2, -0.15) is 0 Å². The van der Waals surface area contributed by atoms with E-state index < -0.39 is 17.7 Å². The number of anilines is 1. The number of benzene rings is 4. The highest BCUT2D eigenvalue weighted by atomic mass is 32.2. The number of ketones is 1. The zero-order valence-electron chi connectivity index (χ0n) is 26.7. The van der Waals surface area contributed by atoms with Gasteiger partial charge in [0.25, 0.3) is 5.78 Å². The Bertz CT molecular complexity index is 2030. The van der Waals surface area contributed by atoms with Crippen molar-refractivity contribution in [2.24, 2.45) is 0 Å². The monoisotopic (exact) mass is 677 g/mol. The van der Waals surface area contributed by atoms with Gasteiger partial charge in [0.05, 0.1) is 18.2 Å². The van der Waals surface area contributed by atoms with Crippen molar-refractivity contribution in [2.75, 3.05) is 11.5 Å². The van der Waals surface area contributed by atoms with E-state index in [4.69, 9.17) is 9.47 Å². The van der Waals surface area contributed by atoms with Gasteiger partial charge >= 0.3 is 5.91 Å². The molecule has 0 spiro atoms. The van der Waals surface area contributed by atoms with Crippen LogP contribution < -0.4 is 14.4 Å². The molecule has 244 valence electrons. The Morgan fingerprint density at radius 2 is 1.85 bits per heavy atom. The summed E-state index contributed by atoms with van der Waals surface area (Å²) < 4.78 is 12.6. The van der Waals surface area contributed by atoms with E-state index in [1.165, 1.54) is 44.3 Å². The van der Waals surface area contributed by atoms with Crippen LogP contribution in [0, 0.1) is 0 Å². The number of aliphatic hydroxyl groups excluding tert-OH is 1. The highest BCUT2D eigenvalue weighted by Gasteiger charge is 2.48. The molecular weight excluding hydrogens is 643 g/mol. The maximum Gasteiger partial charge on any atom is 0.301 e. The van der Waals surface area contributed by atoms with Crippen molar-refractivity contribution in [2.45, 2.75) is 61.8 Å². The minimum absolute atomic E-state index is 0.00444. The molecule has 5 aromatic rings. The second-order valence-electron chi connectivity index (χ2n) is 12.0. The Morgan fingerprint density at radius 1 is 1.02 bits per heavy atom. The molecule has 1 N–H and O–H groups in total. The first-order chi connectivity index (χ1) is 23.4. The highest BCUT2D eigenvalue weighted by Crippen LogP contribution is 2.45. The Balaban J connectivity index is 1.24. The number of aliphatic hydroxyl groups is 1. The second kappa shape index (κ2) is 13.8. The standard InChI is InChI=1S/C38H35N3O5S2/c1-3-4-7-18-45-29-14-9-12-25(21-29)33-32(34(42)26-16-17-31-28(20-26)19-23(2)46-31)35(43)36(44)41(33)37-39-40-38(48-37)47-22-27-13-8-11-24-10-5-6-15-30(24)27/h5-6,8-17,20-21,23,33,42H,3-4,7,18-19,22H2,1-2H3/b34-32-. The molecule has 4 aromatic carbocycles. The van der Waals surface area contributed by atoms with Crippen LogP contribution in [0.1, 0.15) is 61.4 Å². The number of nitrogens with zero attached hydrogens (tertiary/aromatic N) is 3. The lowest BCUT2D eigenvalue weighted by Gasteiger charge is -2.23. The Kier molecular flexibility index (Phi) is 9.19. The molecule has 1 fully saturated rings. The molecule has 2 aliphatic rings. The fourth-order valence-corrected chi connectivity index (χ4v) is 8.17. The van der Waals surface area contributed by atoms with E-state index >= 15 is 0 Å². The number of Topliss-reactive ketones (excluding diaryl/α,β-unsaturated/α-hetero) is 1. The van der Waals surface area contributed by atoms with Crippen LogP contribution in [0.25, 0.3) is 16.5 Å². The number of unbranched alkanes of at least 4 members (excludes halogenated alkanes) is 2. The van der Waals surface area contributed by atoms with Crippen LogP contribution in [0.3, 0.4) is 0 Å². The average Bonchev–Trinajstić information content (AvgIpc) is 3.80. The Morgan fingerprint density at radius 3 is 2.73 bits per heavy atom. The van der Waals surface area contributed by atoms with E-state index in [1.54, 1.807) is 12.1 Å². The molecule has 3 heterocycles. The first-order valence-corrected chi connectivity index (χ1v) is 18.0. The topological polar surface area (TPSA) is 102 Å². The largest absolute Gasteiger partial charge is 0.507 e. The van der Waals surface area contributed by atoms with Gasteiger partial charge in [-0.25, -0.2) is 0 Å². The van der Waals surface area contributed by atoms with Crippen molar-refractivity contribution >= 4 is 56.5 Å². The van der Waals surface area contributed by atoms with Gasteiger partial charge in [0.1, 0.15) is 23.4 Å². The lowest BCUT2D eigenvalue weighted by Crippen LogP contribution is -2.29. The molecule has 48 heavy (non-hydrogen) atoms. The fraction of sp³-hybridized carbons (Fsp3) is 0.263. The highest BCUT2D eigenvalue weighted by molar-refractivity contribution is 8.00. The zero-order valence-corrected chi connectivity index (χ0v) is 28.4. The van der Waals surface area contributed by atoms with Gasteiger partial charge in [0.2, 0.25) is 5.13 Å². The minimum atomic E-state index is -0.934. The maximum absolute atomic E-state index is 13.8. The van der Waals surface area contributed by atoms with E-state index in [-0.39, 0.29) is 22.6 Å². The summed E-state index contributed by atoms with van der Waals surface area (Å²) in [6.45, 7) is 4.68. The molecule has 0 aliphatic carbocycles. The third-order valence-electron chi connectivity index (χ3n) is 8.64. The average molecular weight is 678 g/mol. The lowest BCUT2D eigenvalue weighted by atomic mass is 9.94. The first kappa shape index (κ1) is 31.9. The number of hydrogen-bond acceptors (Lipinski definition) is 9. The summed E-state index contributed by atoms with van der Waals surface area (Å²) in [5.41, 5.74) is 3.18. The van der Waals surface area contributed by atoms with E-state index in [0.717, 1.165) is 30.6 Å². The molecule has 2 atom stereocenters. The fourth-order valence-electron chi connectivity index (χ4n) is 6.30. The normalized spacial score (nSPS) is 18.3. The molecule has 2 aliphatic heterocycles. The van der Waals surface area contributed by atoms with Crippen LogP contribution in [-0.4, -0.2) is 39.7 Å². The molecule has 0 bridgehead atoms. The van der Waals surface area contributed by atoms with Gasteiger partial charge in [0.15, 0.2) is 4.34 Å². The third-order valence-corrected chi connectivity index (χ3v) is 10.7. The van der Waals surface area contributed by atoms with E-state index in [9.17, 15) is 14.7 Å². The number of carbonyl (C=O) groups is 2. The molecule has 7 rings (SSSR count). The summed E-state index contributed by atoms with van der Waals surface area (Å²) in [5, 5.41) is 23.2. The molecule has 1 amide bonds. The number of hydrogen-bond donors (Lipinski definition) is 1. The van der Waals surface area contributed by atoms with Gasteiger partial charge < -0.3 is 14.6 Å². The van der Waals surface area contributed by atoms with Gasteiger partial charge in [0, 0.05) is 17.7 Å². The van der Waals surface area contributed by atoms with Gasteiger partial charge in [-0.05, 0) is 71.1 Å². The molecule has 10 heteroatoms. The molecule has 0 saturated carbocycles. The first-order valence-electron chi connectivity index (χ1n) is 16.2. The van der Waals surface area contributed by atoms with E-state index in [2.05, 4.69) is 41.4 Å². The number of thioether (sulfide) groups is 1. The van der Waals surface area contributed by atoms with Crippen LogP contribution >= 0.6 is 23.1 Å². The van der Waals surface area contributed by atoms with Crippen molar-refractivity contribution < 1.29 is 24.2 Å². The summed E-state index contributed by atoms with van der Waals surface area (Å²) in [6.07, 6.45) is 3.77. The molecular formula is C38H35N3O5S2. The number of carbonyl (C=O) groups excluding carboxylic acids is 2. The molecule has 2 unspecified atom stereocenters. The number of ether oxygens (including phenoxy) is 2. The van der Waals surface area contributed by atoms with Gasteiger partial charge in [-0.1, -0.05) is 97.5 Å². The van der Waals surface area contributed by atoms with Gasteiger partial charge in [-0.3, -0.25) is 14.5 Å². The summed E-state index contributed by atoms with van der Waals surface area (Å²) in [7, 11) is 0. The van der Waals surface area contributed by atoms with Crippen molar-refractivity contribution in [1.82, 2.24) is 10.2 Å². The lowest BCUT2D eigenvalue weighted by molar-refractivity contribution is -0.132.